The smallest absolute Gasteiger partial charge is 0.316 e. The predicted octanol–water partition coefficient (Wildman–Crippen LogP) is 1.64. The summed E-state index contributed by atoms with van der Waals surface area (Å²) < 4.78 is 36.0. The first-order chi connectivity index (χ1) is 5.52. The standard InChI is InChI=1S/C7H7F3N2/c8-7(9,10)6(11)5-1-3-12-4-2-5/h1-4,6H,11H2. The van der Waals surface area contributed by atoms with Crippen molar-refractivity contribution in [2.45, 2.75) is 12.2 Å². The van der Waals surface area contributed by atoms with Gasteiger partial charge in [0.1, 0.15) is 6.04 Å². The lowest BCUT2D eigenvalue weighted by molar-refractivity contribution is -0.149. The fraction of sp³-hybridized carbons (Fsp3) is 0.286. The third-order valence-corrected chi connectivity index (χ3v) is 1.42. The zero-order valence-electron chi connectivity index (χ0n) is 6.05. The van der Waals surface area contributed by atoms with Crippen LogP contribution in [0.5, 0.6) is 0 Å². The molecule has 0 radical (unpaired) electrons. The first kappa shape index (κ1) is 8.99. The first-order valence-electron chi connectivity index (χ1n) is 3.24. The highest BCUT2D eigenvalue weighted by atomic mass is 19.4. The van der Waals surface area contributed by atoms with Crippen molar-refractivity contribution >= 4 is 0 Å². The molecule has 1 atom stereocenters. The maximum Gasteiger partial charge on any atom is 0.407 e. The number of nitrogens with two attached hydrogens (primary N) is 1. The van der Waals surface area contributed by atoms with Crippen molar-refractivity contribution in [2.24, 2.45) is 5.73 Å². The van der Waals surface area contributed by atoms with Gasteiger partial charge in [-0.25, -0.2) is 0 Å². The van der Waals surface area contributed by atoms with Crippen molar-refractivity contribution in [2.75, 3.05) is 0 Å². The maximum absolute atomic E-state index is 12.0. The van der Waals surface area contributed by atoms with Crippen molar-refractivity contribution in [3.05, 3.63) is 30.1 Å². The van der Waals surface area contributed by atoms with Crippen molar-refractivity contribution in [1.82, 2.24) is 4.98 Å². The lowest BCUT2D eigenvalue weighted by atomic mass is 10.1. The van der Waals surface area contributed by atoms with Crippen LogP contribution in [-0.2, 0) is 0 Å². The Bertz CT molecular complexity index is 245. The first-order valence-corrected chi connectivity index (χ1v) is 3.24. The Kier molecular flexibility index (Phi) is 2.32. The van der Waals surface area contributed by atoms with Crippen molar-refractivity contribution in [3.63, 3.8) is 0 Å². The van der Waals surface area contributed by atoms with Crippen molar-refractivity contribution in [3.8, 4) is 0 Å². The Hall–Kier alpha value is -1.10. The van der Waals surface area contributed by atoms with Gasteiger partial charge in [0.2, 0.25) is 0 Å². The number of hydrogen-bond acceptors (Lipinski definition) is 2. The molecule has 1 rings (SSSR count). The van der Waals surface area contributed by atoms with Gasteiger partial charge in [-0.2, -0.15) is 13.2 Å². The third-order valence-electron chi connectivity index (χ3n) is 1.42. The monoisotopic (exact) mass is 176 g/mol. The van der Waals surface area contributed by atoms with Gasteiger partial charge >= 0.3 is 6.18 Å². The number of halogens is 3. The quantitative estimate of drug-likeness (QED) is 0.706. The van der Waals surface area contributed by atoms with Crippen LogP contribution in [-0.4, -0.2) is 11.2 Å². The highest BCUT2D eigenvalue weighted by Crippen LogP contribution is 2.29. The minimum absolute atomic E-state index is 0.0255. The maximum atomic E-state index is 12.0. The number of hydrogen-bond donors (Lipinski definition) is 1. The topological polar surface area (TPSA) is 38.9 Å². The van der Waals surface area contributed by atoms with E-state index in [0.717, 1.165) is 0 Å². The molecule has 0 amide bonds. The molecule has 0 spiro atoms. The van der Waals surface area contributed by atoms with E-state index in [1.165, 1.54) is 24.5 Å². The second-order valence-corrected chi connectivity index (χ2v) is 2.30. The Morgan fingerprint density at radius 2 is 1.75 bits per heavy atom. The average Bonchev–Trinajstić information content (AvgIpc) is 2.03. The molecule has 0 saturated heterocycles. The van der Waals surface area contributed by atoms with Crippen LogP contribution in [0.1, 0.15) is 11.6 Å². The van der Waals surface area contributed by atoms with E-state index in [4.69, 9.17) is 5.73 Å². The van der Waals surface area contributed by atoms with E-state index in [1.807, 2.05) is 0 Å². The molecule has 2 nitrogen and oxygen atoms in total. The number of nitrogens with zero attached hydrogens (tertiary/aromatic N) is 1. The van der Waals surface area contributed by atoms with Crippen molar-refractivity contribution < 1.29 is 13.2 Å². The van der Waals surface area contributed by atoms with Crippen LogP contribution >= 0.6 is 0 Å². The molecule has 0 aliphatic heterocycles. The van der Waals surface area contributed by atoms with Gasteiger partial charge in [0.25, 0.3) is 0 Å². The highest BCUT2D eigenvalue weighted by molar-refractivity contribution is 5.15. The molecular formula is C7H7F3N2. The van der Waals surface area contributed by atoms with Crippen LogP contribution in [0.3, 0.4) is 0 Å². The van der Waals surface area contributed by atoms with E-state index < -0.39 is 12.2 Å². The summed E-state index contributed by atoms with van der Waals surface area (Å²) in [4.78, 5) is 3.59. The van der Waals surface area contributed by atoms with Crippen LogP contribution in [0.25, 0.3) is 0 Å². The summed E-state index contributed by atoms with van der Waals surface area (Å²) in [6.07, 6.45) is -1.83. The normalized spacial score (nSPS) is 14.3. The molecule has 0 saturated carbocycles. The molecule has 1 heterocycles. The molecule has 0 aromatic carbocycles. The summed E-state index contributed by atoms with van der Waals surface area (Å²) in [7, 11) is 0. The number of aromatic nitrogens is 1. The fourth-order valence-corrected chi connectivity index (χ4v) is 0.760. The minimum Gasteiger partial charge on any atom is -0.316 e. The van der Waals surface area contributed by atoms with Crippen LogP contribution in [0.2, 0.25) is 0 Å². The molecule has 12 heavy (non-hydrogen) atoms. The predicted molar refractivity (Wildman–Crippen MR) is 37.2 cm³/mol. The molecule has 2 N–H and O–H groups in total. The number of rotatable bonds is 1. The lowest BCUT2D eigenvalue weighted by Crippen LogP contribution is -2.28. The van der Waals surface area contributed by atoms with Gasteiger partial charge in [0.15, 0.2) is 0 Å². The molecule has 1 aromatic rings. The van der Waals surface area contributed by atoms with Crippen LogP contribution in [0, 0.1) is 0 Å². The van der Waals surface area contributed by atoms with E-state index in [9.17, 15) is 13.2 Å². The Morgan fingerprint density at radius 1 is 1.25 bits per heavy atom. The van der Waals surface area contributed by atoms with Gasteiger partial charge in [0.05, 0.1) is 0 Å². The molecular weight excluding hydrogens is 169 g/mol. The molecule has 0 aliphatic carbocycles. The van der Waals surface area contributed by atoms with Crippen molar-refractivity contribution in [1.29, 1.82) is 0 Å². The Morgan fingerprint density at radius 3 is 2.17 bits per heavy atom. The fourth-order valence-electron chi connectivity index (χ4n) is 0.760. The minimum atomic E-state index is -4.39. The lowest BCUT2D eigenvalue weighted by Gasteiger charge is -2.14. The Balaban J connectivity index is 2.86. The zero-order valence-corrected chi connectivity index (χ0v) is 6.05. The summed E-state index contributed by atoms with van der Waals surface area (Å²) in [6.45, 7) is 0. The van der Waals surface area contributed by atoms with Gasteiger partial charge in [0, 0.05) is 12.4 Å². The summed E-state index contributed by atoms with van der Waals surface area (Å²) in [5, 5.41) is 0. The second-order valence-electron chi connectivity index (χ2n) is 2.30. The molecule has 66 valence electrons. The molecule has 5 heteroatoms. The highest BCUT2D eigenvalue weighted by Gasteiger charge is 2.37. The second kappa shape index (κ2) is 3.10. The summed E-state index contributed by atoms with van der Waals surface area (Å²) in [5.74, 6) is 0. The van der Waals surface area contributed by atoms with Crippen LogP contribution in [0.4, 0.5) is 13.2 Å². The zero-order chi connectivity index (χ0) is 9.19. The van der Waals surface area contributed by atoms with E-state index in [1.54, 1.807) is 0 Å². The number of pyridine rings is 1. The SMILES string of the molecule is NC(c1ccncc1)C(F)(F)F. The van der Waals surface area contributed by atoms with Gasteiger partial charge < -0.3 is 5.73 Å². The van der Waals surface area contributed by atoms with Crippen LogP contribution < -0.4 is 5.73 Å². The molecule has 0 fully saturated rings. The van der Waals surface area contributed by atoms with Gasteiger partial charge in [-0.3, -0.25) is 4.98 Å². The van der Waals surface area contributed by atoms with Crippen LogP contribution in [0.15, 0.2) is 24.5 Å². The largest absolute Gasteiger partial charge is 0.407 e. The van der Waals surface area contributed by atoms with Gasteiger partial charge in [-0.05, 0) is 17.7 Å². The summed E-state index contributed by atoms with van der Waals surface area (Å²) >= 11 is 0. The van der Waals surface area contributed by atoms with E-state index >= 15 is 0 Å². The molecule has 0 aliphatic rings. The average molecular weight is 176 g/mol. The molecule has 1 unspecified atom stereocenters. The van der Waals surface area contributed by atoms with E-state index in [0.29, 0.717) is 0 Å². The van der Waals surface area contributed by atoms with E-state index in [2.05, 4.69) is 4.98 Å². The summed E-state index contributed by atoms with van der Waals surface area (Å²) in [6, 6.07) is 0.580. The third kappa shape index (κ3) is 1.94. The Labute approximate surface area is 67.2 Å². The van der Waals surface area contributed by atoms with E-state index in [-0.39, 0.29) is 5.56 Å². The molecule has 1 aromatic heterocycles. The molecule has 0 bridgehead atoms. The summed E-state index contributed by atoms with van der Waals surface area (Å²) in [5.41, 5.74) is 4.94. The number of alkyl halides is 3. The van der Waals surface area contributed by atoms with Gasteiger partial charge in [-0.1, -0.05) is 0 Å². The van der Waals surface area contributed by atoms with Gasteiger partial charge in [-0.15, -0.1) is 0 Å².